The summed E-state index contributed by atoms with van der Waals surface area (Å²) in [6.45, 7) is 2.25. The SMILES string of the molecule is COc1ccc2c(c1)C(N(C)C(=O)CC(c1ccccc1)c1ccccc1)C(N1CCCC1)CC2. The average Bonchev–Trinajstić information content (AvgIpc) is 3.46. The molecule has 2 unspecified atom stereocenters. The minimum Gasteiger partial charge on any atom is -0.497 e. The van der Waals surface area contributed by atoms with E-state index in [1.165, 1.54) is 35.1 Å². The quantitative estimate of drug-likeness (QED) is 0.438. The van der Waals surface area contributed by atoms with Gasteiger partial charge in [0.2, 0.25) is 5.91 Å². The van der Waals surface area contributed by atoms with E-state index in [-0.39, 0.29) is 17.9 Å². The van der Waals surface area contributed by atoms with Crippen LogP contribution in [-0.4, -0.2) is 49.0 Å². The van der Waals surface area contributed by atoms with E-state index in [9.17, 15) is 4.79 Å². The maximum atomic E-state index is 14.0. The first kappa shape index (κ1) is 23.6. The summed E-state index contributed by atoms with van der Waals surface area (Å²) in [5, 5.41) is 0. The Hall–Kier alpha value is -3.11. The van der Waals surface area contributed by atoms with E-state index in [0.29, 0.717) is 12.5 Å². The third-order valence-corrected chi connectivity index (χ3v) is 7.95. The molecule has 1 aliphatic carbocycles. The molecule has 0 bridgehead atoms. The van der Waals surface area contributed by atoms with Gasteiger partial charge in [0.05, 0.1) is 13.2 Å². The molecule has 1 amide bonds. The lowest BCUT2D eigenvalue weighted by Gasteiger charge is -2.44. The molecule has 4 nitrogen and oxygen atoms in total. The van der Waals surface area contributed by atoms with Crippen LogP contribution in [0.4, 0.5) is 0 Å². The summed E-state index contributed by atoms with van der Waals surface area (Å²) in [6, 6.07) is 27.7. The third kappa shape index (κ3) is 4.99. The monoisotopic (exact) mass is 468 g/mol. The average molecular weight is 469 g/mol. The first-order valence-electron chi connectivity index (χ1n) is 12.9. The van der Waals surface area contributed by atoms with Crippen LogP contribution in [0.2, 0.25) is 0 Å². The Morgan fingerprint density at radius 1 is 0.971 bits per heavy atom. The predicted molar refractivity (Wildman–Crippen MR) is 141 cm³/mol. The second-order valence-electron chi connectivity index (χ2n) is 9.94. The summed E-state index contributed by atoms with van der Waals surface area (Å²) in [5.41, 5.74) is 4.96. The van der Waals surface area contributed by atoms with E-state index in [1.54, 1.807) is 7.11 Å². The number of benzene rings is 3. The van der Waals surface area contributed by atoms with Gasteiger partial charge in [-0.15, -0.1) is 0 Å². The Morgan fingerprint density at radius 3 is 2.20 bits per heavy atom. The van der Waals surface area contributed by atoms with Gasteiger partial charge in [0.15, 0.2) is 0 Å². The standard InChI is InChI=1S/C31H36N2O2/c1-32(30(34)22-27(23-11-5-3-6-12-23)24-13-7-4-8-14-24)31-28-21-26(35-2)17-15-25(28)16-18-29(31)33-19-9-10-20-33/h3-8,11-15,17,21,27,29,31H,9-10,16,18-20,22H2,1-2H3. The molecule has 3 aromatic carbocycles. The number of hydrogen-bond acceptors (Lipinski definition) is 3. The van der Waals surface area contributed by atoms with Gasteiger partial charge >= 0.3 is 0 Å². The lowest BCUT2D eigenvalue weighted by molar-refractivity contribution is -0.134. The lowest BCUT2D eigenvalue weighted by atomic mass is 9.81. The number of fused-ring (bicyclic) bond motifs is 1. The van der Waals surface area contributed by atoms with Gasteiger partial charge in [-0.1, -0.05) is 66.7 Å². The number of amides is 1. The van der Waals surface area contributed by atoms with Crippen molar-refractivity contribution in [3.8, 4) is 5.75 Å². The second kappa shape index (κ2) is 10.7. The molecule has 1 saturated heterocycles. The summed E-state index contributed by atoms with van der Waals surface area (Å²) < 4.78 is 5.59. The molecule has 1 fully saturated rings. The highest BCUT2D eigenvalue weighted by Crippen LogP contribution is 2.40. The van der Waals surface area contributed by atoms with Crippen molar-refractivity contribution in [1.29, 1.82) is 0 Å². The molecule has 4 heteroatoms. The number of aryl methyl sites for hydroxylation is 1. The van der Waals surface area contributed by atoms with E-state index >= 15 is 0 Å². The fraction of sp³-hybridized carbons (Fsp3) is 0.387. The van der Waals surface area contributed by atoms with Gasteiger partial charge in [-0.25, -0.2) is 0 Å². The molecule has 0 spiro atoms. The molecule has 0 aromatic heterocycles. The minimum atomic E-state index is 0.0333. The zero-order valence-corrected chi connectivity index (χ0v) is 20.9. The number of likely N-dealkylation sites (N-methyl/N-ethyl adjacent to an activating group) is 1. The van der Waals surface area contributed by atoms with Crippen molar-refractivity contribution in [2.75, 3.05) is 27.2 Å². The van der Waals surface area contributed by atoms with Gasteiger partial charge in [-0.2, -0.15) is 0 Å². The van der Waals surface area contributed by atoms with Crippen LogP contribution < -0.4 is 4.74 Å². The zero-order chi connectivity index (χ0) is 24.2. The van der Waals surface area contributed by atoms with Crippen molar-refractivity contribution >= 4 is 5.91 Å². The van der Waals surface area contributed by atoms with Crippen molar-refractivity contribution in [1.82, 2.24) is 9.80 Å². The molecule has 1 aliphatic heterocycles. The minimum absolute atomic E-state index is 0.0333. The Morgan fingerprint density at radius 2 is 1.60 bits per heavy atom. The number of hydrogen-bond donors (Lipinski definition) is 0. The number of carbonyl (C=O) groups excluding carboxylic acids is 1. The van der Waals surface area contributed by atoms with Gasteiger partial charge in [0, 0.05) is 25.4 Å². The number of rotatable bonds is 7. The van der Waals surface area contributed by atoms with Crippen LogP contribution in [0.5, 0.6) is 5.75 Å². The van der Waals surface area contributed by atoms with Crippen molar-refractivity contribution in [3.05, 3.63) is 101 Å². The number of nitrogens with zero attached hydrogens (tertiary/aromatic N) is 2. The van der Waals surface area contributed by atoms with Crippen LogP contribution in [0.3, 0.4) is 0 Å². The Kier molecular flexibility index (Phi) is 7.19. The van der Waals surface area contributed by atoms with Crippen LogP contribution in [0.25, 0.3) is 0 Å². The molecule has 0 saturated carbocycles. The first-order chi connectivity index (χ1) is 17.2. The van der Waals surface area contributed by atoms with Crippen molar-refractivity contribution < 1.29 is 9.53 Å². The van der Waals surface area contributed by atoms with E-state index in [4.69, 9.17) is 4.74 Å². The fourth-order valence-electron chi connectivity index (χ4n) is 6.07. The van der Waals surface area contributed by atoms with Crippen LogP contribution in [0.15, 0.2) is 78.9 Å². The molecular formula is C31H36N2O2. The Bertz CT molecular complexity index is 1090. The van der Waals surface area contributed by atoms with E-state index < -0.39 is 0 Å². The normalized spacial score (nSPS) is 20.0. The van der Waals surface area contributed by atoms with Crippen LogP contribution in [0, 0.1) is 0 Å². The van der Waals surface area contributed by atoms with Crippen LogP contribution >= 0.6 is 0 Å². The molecule has 2 atom stereocenters. The van der Waals surface area contributed by atoms with Crippen LogP contribution in [0.1, 0.15) is 59.9 Å². The summed E-state index contributed by atoms with van der Waals surface area (Å²) in [6.07, 6.45) is 5.08. The maximum Gasteiger partial charge on any atom is 0.223 e. The van der Waals surface area contributed by atoms with Gasteiger partial charge < -0.3 is 9.64 Å². The molecule has 35 heavy (non-hydrogen) atoms. The highest BCUT2D eigenvalue weighted by molar-refractivity contribution is 5.78. The second-order valence-corrected chi connectivity index (χ2v) is 9.94. The molecule has 0 radical (unpaired) electrons. The summed E-state index contributed by atoms with van der Waals surface area (Å²) in [5.74, 6) is 1.08. The van der Waals surface area contributed by atoms with E-state index in [1.807, 2.05) is 24.1 Å². The lowest BCUT2D eigenvalue weighted by Crippen LogP contribution is -2.48. The molecule has 2 aliphatic rings. The fourth-order valence-corrected chi connectivity index (χ4v) is 6.07. The van der Waals surface area contributed by atoms with E-state index in [2.05, 4.69) is 71.6 Å². The highest BCUT2D eigenvalue weighted by Gasteiger charge is 2.39. The third-order valence-electron chi connectivity index (χ3n) is 7.95. The molecule has 5 rings (SSSR count). The molecule has 1 heterocycles. The Balaban J connectivity index is 1.47. The number of likely N-dealkylation sites (tertiary alicyclic amines) is 1. The smallest absolute Gasteiger partial charge is 0.223 e. The van der Waals surface area contributed by atoms with Crippen molar-refractivity contribution in [3.63, 3.8) is 0 Å². The molecule has 0 N–H and O–H groups in total. The van der Waals surface area contributed by atoms with Crippen molar-refractivity contribution in [2.24, 2.45) is 0 Å². The summed E-state index contributed by atoms with van der Waals surface area (Å²) in [4.78, 5) is 18.7. The number of ether oxygens (including phenoxy) is 1. The maximum absolute atomic E-state index is 14.0. The largest absolute Gasteiger partial charge is 0.497 e. The van der Waals surface area contributed by atoms with Gasteiger partial charge in [-0.3, -0.25) is 9.69 Å². The zero-order valence-electron chi connectivity index (χ0n) is 20.9. The van der Waals surface area contributed by atoms with Gasteiger partial charge in [0.25, 0.3) is 0 Å². The van der Waals surface area contributed by atoms with Crippen molar-refractivity contribution in [2.45, 2.75) is 50.1 Å². The number of methoxy groups -OCH3 is 1. The summed E-state index contributed by atoms with van der Waals surface area (Å²) >= 11 is 0. The van der Waals surface area contributed by atoms with Gasteiger partial charge in [0.1, 0.15) is 5.75 Å². The topological polar surface area (TPSA) is 32.8 Å². The predicted octanol–water partition coefficient (Wildman–Crippen LogP) is 5.83. The Labute approximate surface area is 209 Å². The van der Waals surface area contributed by atoms with Gasteiger partial charge in [-0.05, 0) is 73.2 Å². The first-order valence-corrected chi connectivity index (χ1v) is 12.9. The molecular weight excluding hydrogens is 432 g/mol. The van der Waals surface area contributed by atoms with E-state index in [0.717, 1.165) is 31.7 Å². The highest BCUT2D eigenvalue weighted by atomic mass is 16.5. The van der Waals surface area contributed by atoms with Crippen LogP contribution in [-0.2, 0) is 11.2 Å². The summed E-state index contributed by atoms with van der Waals surface area (Å²) in [7, 11) is 3.73. The molecule has 3 aromatic rings. The molecule has 182 valence electrons. The number of carbonyl (C=O) groups is 1.